The zero-order valence-electron chi connectivity index (χ0n) is 18.8. The summed E-state index contributed by atoms with van der Waals surface area (Å²) in [7, 11) is 1.53. The van der Waals surface area contributed by atoms with Crippen LogP contribution in [-0.4, -0.2) is 40.3 Å². The van der Waals surface area contributed by atoms with Crippen molar-refractivity contribution in [2.24, 2.45) is 0 Å². The van der Waals surface area contributed by atoms with Crippen LogP contribution in [0.5, 0.6) is 23.5 Å². The molecule has 1 N–H and O–H groups in total. The van der Waals surface area contributed by atoms with Crippen LogP contribution in [0, 0.1) is 12.7 Å². The van der Waals surface area contributed by atoms with Crippen molar-refractivity contribution in [1.82, 2.24) is 20.5 Å². The summed E-state index contributed by atoms with van der Waals surface area (Å²) in [6.07, 6.45) is 2.69. The van der Waals surface area contributed by atoms with Crippen molar-refractivity contribution in [3.05, 3.63) is 53.8 Å². The second-order valence-electron chi connectivity index (χ2n) is 8.73. The predicted molar refractivity (Wildman–Crippen MR) is 115 cm³/mol. The van der Waals surface area contributed by atoms with Gasteiger partial charge in [-0.3, -0.25) is 4.79 Å². The van der Waals surface area contributed by atoms with Crippen LogP contribution in [0.25, 0.3) is 0 Å². The molecule has 1 amide bonds. The van der Waals surface area contributed by atoms with Gasteiger partial charge in [0.25, 0.3) is 5.91 Å². The number of aryl methyl sites for hydroxylation is 1. The SMILES string of the molecule is COc1ccc(Oc2nnc(C3(C)CC(C)(NC(=O)COc4ccc(C)c(F)c4)C3)o2)cn1. The number of nitrogens with one attached hydrogen (secondary N) is 1. The fourth-order valence-electron chi connectivity index (χ4n) is 4.24. The van der Waals surface area contributed by atoms with Gasteiger partial charge in [0.15, 0.2) is 12.4 Å². The summed E-state index contributed by atoms with van der Waals surface area (Å²) in [4.78, 5) is 16.4. The largest absolute Gasteiger partial charge is 0.484 e. The van der Waals surface area contributed by atoms with Gasteiger partial charge in [0, 0.05) is 17.7 Å². The van der Waals surface area contributed by atoms with Gasteiger partial charge in [0.1, 0.15) is 11.6 Å². The molecule has 0 bridgehead atoms. The van der Waals surface area contributed by atoms with Crippen molar-refractivity contribution in [2.45, 2.75) is 44.6 Å². The van der Waals surface area contributed by atoms with E-state index in [1.807, 2.05) is 13.8 Å². The molecule has 0 radical (unpaired) electrons. The summed E-state index contributed by atoms with van der Waals surface area (Å²) in [5.74, 6) is 0.978. The first-order chi connectivity index (χ1) is 15.7. The van der Waals surface area contributed by atoms with Crippen molar-refractivity contribution in [2.75, 3.05) is 13.7 Å². The van der Waals surface area contributed by atoms with E-state index in [0.717, 1.165) is 0 Å². The summed E-state index contributed by atoms with van der Waals surface area (Å²) in [6, 6.07) is 7.84. The van der Waals surface area contributed by atoms with E-state index >= 15 is 0 Å². The maximum atomic E-state index is 13.6. The van der Waals surface area contributed by atoms with Gasteiger partial charge in [-0.15, -0.1) is 5.10 Å². The van der Waals surface area contributed by atoms with Crippen LogP contribution in [0.3, 0.4) is 0 Å². The third-order valence-corrected chi connectivity index (χ3v) is 5.56. The summed E-state index contributed by atoms with van der Waals surface area (Å²) in [5, 5.41) is 11.0. The Bertz CT molecular complexity index is 1140. The Balaban J connectivity index is 1.30. The van der Waals surface area contributed by atoms with Gasteiger partial charge in [-0.2, -0.15) is 0 Å². The number of hydrogen-bond acceptors (Lipinski definition) is 8. The minimum Gasteiger partial charge on any atom is -0.484 e. The molecule has 174 valence electrons. The lowest BCUT2D eigenvalue weighted by Gasteiger charge is -2.51. The van der Waals surface area contributed by atoms with Gasteiger partial charge in [-0.1, -0.05) is 18.1 Å². The van der Waals surface area contributed by atoms with Gasteiger partial charge < -0.3 is 23.9 Å². The number of rotatable bonds is 8. The minimum absolute atomic E-state index is 0.00885. The molecule has 2 aromatic heterocycles. The van der Waals surface area contributed by atoms with E-state index in [1.165, 1.54) is 19.4 Å². The van der Waals surface area contributed by atoms with Crippen LogP contribution in [0.4, 0.5) is 4.39 Å². The summed E-state index contributed by atoms with van der Waals surface area (Å²) in [5.41, 5.74) is -0.345. The number of aromatic nitrogens is 3. The number of ether oxygens (including phenoxy) is 3. The Morgan fingerprint density at radius 2 is 1.94 bits per heavy atom. The van der Waals surface area contributed by atoms with Crippen molar-refractivity contribution in [3.63, 3.8) is 0 Å². The number of benzene rings is 1. The Morgan fingerprint density at radius 1 is 1.18 bits per heavy atom. The molecular formula is C23H25FN4O5. The van der Waals surface area contributed by atoms with E-state index in [-0.39, 0.29) is 24.4 Å². The molecule has 0 atom stereocenters. The summed E-state index contributed by atoms with van der Waals surface area (Å²) in [6.45, 7) is 5.38. The molecule has 0 saturated heterocycles. The highest BCUT2D eigenvalue weighted by molar-refractivity contribution is 5.78. The molecule has 4 rings (SSSR count). The quantitative estimate of drug-likeness (QED) is 0.546. The second kappa shape index (κ2) is 8.68. The minimum atomic E-state index is -0.455. The van der Waals surface area contributed by atoms with Crippen molar-refractivity contribution in [3.8, 4) is 23.5 Å². The number of amides is 1. The lowest BCUT2D eigenvalue weighted by molar-refractivity contribution is -0.127. The van der Waals surface area contributed by atoms with E-state index in [4.69, 9.17) is 18.6 Å². The number of carbonyl (C=O) groups is 1. The topological polar surface area (TPSA) is 109 Å². The van der Waals surface area contributed by atoms with Gasteiger partial charge in [-0.25, -0.2) is 9.37 Å². The number of methoxy groups -OCH3 is 1. The van der Waals surface area contributed by atoms with Crippen molar-refractivity contribution in [1.29, 1.82) is 0 Å². The van der Waals surface area contributed by atoms with E-state index in [2.05, 4.69) is 20.5 Å². The predicted octanol–water partition coefficient (Wildman–Crippen LogP) is 3.72. The lowest BCUT2D eigenvalue weighted by Crippen LogP contribution is -2.61. The number of carbonyl (C=O) groups excluding carboxylic acids is 1. The van der Waals surface area contributed by atoms with Crippen molar-refractivity contribution >= 4 is 5.91 Å². The fraction of sp³-hybridized carbons (Fsp3) is 0.391. The van der Waals surface area contributed by atoms with Crippen LogP contribution in [0.1, 0.15) is 38.1 Å². The molecule has 0 unspecified atom stereocenters. The first kappa shape index (κ1) is 22.5. The number of hydrogen-bond donors (Lipinski definition) is 1. The third-order valence-electron chi connectivity index (χ3n) is 5.56. The van der Waals surface area contributed by atoms with Gasteiger partial charge >= 0.3 is 6.08 Å². The molecule has 1 aliphatic rings. The van der Waals surface area contributed by atoms with Crippen molar-refractivity contribution < 1.29 is 27.8 Å². The average molecular weight is 456 g/mol. The molecule has 3 aromatic rings. The summed E-state index contributed by atoms with van der Waals surface area (Å²) < 4.78 is 35.3. The highest BCUT2D eigenvalue weighted by atomic mass is 19.1. The molecule has 0 spiro atoms. The summed E-state index contributed by atoms with van der Waals surface area (Å²) >= 11 is 0. The van der Waals surface area contributed by atoms with Crippen LogP contribution in [0.15, 0.2) is 40.9 Å². The van der Waals surface area contributed by atoms with E-state index in [0.29, 0.717) is 41.7 Å². The monoisotopic (exact) mass is 456 g/mol. The zero-order chi connectivity index (χ0) is 23.6. The van der Waals surface area contributed by atoms with Crippen LogP contribution in [-0.2, 0) is 10.2 Å². The first-order valence-electron chi connectivity index (χ1n) is 10.4. The lowest BCUT2D eigenvalue weighted by atomic mass is 9.59. The highest BCUT2D eigenvalue weighted by Crippen LogP contribution is 2.49. The molecule has 9 nitrogen and oxygen atoms in total. The Morgan fingerprint density at radius 3 is 2.61 bits per heavy atom. The first-order valence-corrected chi connectivity index (χ1v) is 10.4. The molecule has 1 aliphatic carbocycles. The van der Waals surface area contributed by atoms with Crippen LogP contribution < -0.4 is 19.5 Å². The highest BCUT2D eigenvalue weighted by Gasteiger charge is 2.53. The smallest absolute Gasteiger partial charge is 0.420 e. The molecule has 2 heterocycles. The normalized spacial score (nSPS) is 21.7. The molecule has 1 saturated carbocycles. The zero-order valence-corrected chi connectivity index (χ0v) is 18.8. The Kier molecular flexibility index (Phi) is 5.92. The number of halogens is 1. The molecular weight excluding hydrogens is 431 g/mol. The van der Waals surface area contributed by atoms with Gasteiger partial charge in [0.2, 0.25) is 11.8 Å². The Hall–Kier alpha value is -3.69. The molecule has 1 aromatic carbocycles. The third kappa shape index (κ3) is 5.05. The average Bonchev–Trinajstić information content (AvgIpc) is 3.23. The standard InChI is InChI=1S/C23H25FN4O5/c1-14-5-6-15(9-17(14)24)31-11-18(29)26-23(3)12-22(2,13-23)20-27-28-21(33-20)32-16-7-8-19(30-4)25-10-16/h5-10H,11-13H2,1-4H3,(H,26,29). The maximum Gasteiger partial charge on any atom is 0.420 e. The van der Waals surface area contributed by atoms with E-state index in [9.17, 15) is 9.18 Å². The number of nitrogens with zero attached hydrogens (tertiary/aromatic N) is 3. The number of pyridine rings is 1. The van der Waals surface area contributed by atoms with Crippen LogP contribution >= 0.6 is 0 Å². The Labute approximate surface area is 190 Å². The molecule has 10 heteroatoms. The van der Waals surface area contributed by atoms with Crippen LogP contribution in [0.2, 0.25) is 0 Å². The molecule has 0 aliphatic heterocycles. The van der Waals surface area contributed by atoms with E-state index < -0.39 is 11.0 Å². The fourth-order valence-corrected chi connectivity index (χ4v) is 4.24. The second-order valence-corrected chi connectivity index (χ2v) is 8.73. The molecule has 1 fully saturated rings. The van der Waals surface area contributed by atoms with Gasteiger partial charge in [0.05, 0.1) is 18.7 Å². The maximum absolute atomic E-state index is 13.6. The van der Waals surface area contributed by atoms with Gasteiger partial charge in [-0.05, 0) is 44.4 Å². The van der Waals surface area contributed by atoms with E-state index in [1.54, 1.807) is 31.2 Å². The molecule has 33 heavy (non-hydrogen) atoms.